The van der Waals surface area contributed by atoms with Crippen molar-refractivity contribution in [2.24, 2.45) is 0 Å². The van der Waals surface area contributed by atoms with Gasteiger partial charge in [0, 0.05) is 24.2 Å². The summed E-state index contributed by atoms with van der Waals surface area (Å²) < 4.78 is 14.9. The highest BCUT2D eigenvalue weighted by molar-refractivity contribution is 6.08. The molecule has 0 radical (unpaired) electrons. The Morgan fingerprint density at radius 2 is 1.76 bits per heavy atom. The van der Waals surface area contributed by atoms with Crippen molar-refractivity contribution in [3.63, 3.8) is 0 Å². The quantitative estimate of drug-likeness (QED) is 0.480. The molecular formula is C16H16N2O7. The van der Waals surface area contributed by atoms with Crippen LogP contribution in [0.25, 0.3) is 11.3 Å². The van der Waals surface area contributed by atoms with Gasteiger partial charge < -0.3 is 19.2 Å². The predicted molar refractivity (Wildman–Crippen MR) is 87.6 cm³/mol. The largest absolute Gasteiger partial charge is 0.465 e. The maximum absolute atomic E-state index is 12.1. The highest BCUT2D eigenvalue weighted by Crippen LogP contribution is 2.37. The van der Waals surface area contributed by atoms with Crippen LogP contribution in [-0.2, 0) is 9.47 Å². The smallest absolute Gasteiger partial charge is 0.374 e. The van der Waals surface area contributed by atoms with Gasteiger partial charge in [0.25, 0.3) is 5.69 Å². The summed E-state index contributed by atoms with van der Waals surface area (Å²) in [6.07, 6.45) is 0. The van der Waals surface area contributed by atoms with Gasteiger partial charge in [0.1, 0.15) is 5.56 Å². The monoisotopic (exact) mass is 348 g/mol. The molecule has 0 saturated heterocycles. The first-order valence-electron chi connectivity index (χ1n) is 7.26. The molecular weight excluding hydrogens is 332 g/mol. The molecule has 0 aliphatic heterocycles. The summed E-state index contributed by atoms with van der Waals surface area (Å²) in [6, 6.07) is 5.51. The van der Waals surface area contributed by atoms with Crippen molar-refractivity contribution in [3.8, 4) is 11.3 Å². The SMILES string of the molecule is CCNc1c(-c2ccc([N+](=O)[O-])cc2)oc(C(=O)OC)c1C(=O)OC. The third kappa shape index (κ3) is 3.44. The number of carbonyl (C=O) groups excluding carboxylic acids is 2. The second-order valence-electron chi connectivity index (χ2n) is 4.83. The molecule has 9 heteroatoms. The number of esters is 2. The molecule has 0 aliphatic rings. The Hall–Kier alpha value is -3.36. The lowest BCUT2D eigenvalue weighted by molar-refractivity contribution is -0.384. The second-order valence-corrected chi connectivity index (χ2v) is 4.83. The zero-order valence-corrected chi connectivity index (χ0v) is 13.8. The van der Waals surface area contributed by atoms with E-state index in [0.29, 0.717) is 12.1 Å². The minimum absolute atomic E-state index is 0.0930. The first kappa shape index (κ1) is 18.0. The fourth-order valence-electron chi connectivity index (χ4n) is 2.25. The summed E-state index contributed by atoms with van der Waals surface area (Å²) in [6.45, 7) is 2.23. The van der Waals surface area contributed by atoms with Crippen LogP contribution in [0.2, 0.25) is 0 Å². The van der Waals surface area contributed by atoms with E-state index in [-0.39, 0.29) is 28.5 Å². The number of ether oxygens (including phenoxy) is 2. The Morgan fingerprint density at radius 1 is 1.16 bits per heavy atom. The Labute approximate surface area is 142 Å². The van der Waals surface area contributed by atoms with Crippen molar-refractivity contribution >= 4 is 23.3 Å². The number of nitrogens with one attached hydrogen (secondary N) is 1. The number of methoxy groups -OCH3 is 2. The second kappa shape index (κ2) is 7.47. The van der Waals surface area contributed by atoms with Gasteiger partial charge >= 0.3 is 11.9 Å². The first-order chi connectivity index (χ1) is 11.9. The molecule has 0 saturated carbocycles. The Balaban J connectivity index is 2.67. The summed E-state index contributed by atoms with van der Waals surface area (Å²) in [5.74, 6) is -1.74. The number of hydrogen-bond donors (Lipinski definition) is 1. The van der Waals surface area contributed by atoms with Gasteiger partial charge in [0.15, 0.2) is 5.76 Å². The summed E-state index contributed by atoms with van der Waals surface area (Å²) in [5.41, 5.74) is 0.511. The van der Waals surface area contributed by atoms with Gasteiger partial charge in [-0.3, -0.25) is 10.1 Å². The molecule has 0 bridgehead atoms. The fourth-order valence-corrected chi connectivity index (χ4v) is 2.25. The van der Waals surface area contributed by atoms with Crippen molar-refractivity contribution < 1.29 is 28.4 Å². The van der Waals surface area contributed by atoms with E-state index in [0.717, 1.165) is 7.11 Å². The molecule has 0 amide bonds. The van der Waals surface area contributed by atoms with Gasteiger partial charge in [-0.1, -0.05) is 0 Å². The molecule has 0 unspecified atom stereocenters. The minimum atomic E-state index is -0.840. The summed E-state index contributed by atoms with van der Waals surface area (Å²) in [4.78, 5) is 34.3. The van der Waals surface area contributed by atoms with E-state index < -0.39 is 16.9 Å². The molecule has 1 aromatic heterocycles. The van der Waals surface area contributed by atoms with E-state index in [2.05, 4.69) is 10.1 Å². The van der Waals surface area contributed by atoms with Crippen molar-refractivity contribution in [1.82, 2.24) is 0 Å². The molecule has 25 heavy (non-hydrogen) atoms. The molecule has 1 heterocycles. The van der Waals surface area contributed by atoms with Gasteiger partial charge in [0.05, 0.1) is 24.8 Å². The molecule has 0 spiro atoms. The predicted octanol–water partition coefficient (Wildman–Crippen LogP) is 2.86. The summed E-state index contributed by atoms with van der Waals surface area (Å²) in [7, 11) is 2.34. The normalized spacial score (nSPS) is 10.2. The maximum Gasteiger partial charge on any atom is 0.374 e. The van der Waals surface area contributed by atoms with Crippen molar-refractivity contribution in [3.05, 3.63) is 45.7 Å². The van der Waals surface area contributed by atoms with E-state index >= 15 is 0 Å². The Kier molecular flexibility index (Phi) is 5.38. The van der Waals surface area contributed by atoms with Crippen LogP contribution in [0.15, 0.2) is 28.7 Å². The van der Waals surface area contributed by atoms with E-state index in [1.54, 1.807) is 6.92 Å². The van der Waals surface area contributed by atoms with Crippen molar-refractivity contribution in [2.45, 2.75) is 6.92 Å². The van der Waals surface area contributed by atoms with Gasteiger partial charge in [-0.2, -0.15) is 0 Å². The van der Waals surface area contributed by atoms with Gasteiger partial charge in [-0.05, 0) is 19.1 Å². The number of nitro benzene ring substituents is 1. The van der Waals surface area contributed by atoms with Crippen molar-refractivity contribution in [1.29, 1.82) is 0 Å². The first-order valence-corrected chi connectivity index (χ1v) is 7.26. The highest BCUT2D eigenvalue weighted by atomic mass is 16.6. The molecule has 9 nitrogen and oxygen atoms in total. The molecule has 0 aliphatic carbocycles. The molecule has 2 rings (SSSR count). The summed E-state index contributed by atoms with van der Waals surface area (Å²) >= 11 is 0. The van der Waals surface area contributed by atoms with Crippen LogP contribution in [0.4, 0.5) is 11.4 Å². The molecule has 0 fully saturated rings. The molecule has 132 valence electrons. The number of carbonyl (C=O) groups is 2. The number of benzene rings is 1. The number of rotatable bonds is 6. The number of non-ortho nitro benzene ring substituents is 1. The number of furan rings is 1. The lowest BCUT2D eigenvalue weighted by Crippen LogP contribution is -2.12. The zero-order chi connectivity index (χ0) is 18.6. The lowest BCUT2D eigenvalue weighted by Gasteiger charge is -2.06. The molecule has 2 aromatic rings. The molecule has 0 atom stereocenters. The molecule has 1 N–H and O–H groups in total. The Bertz CT molecular complexity index is 809. The number of anilines is 1. The number of hydrogen-bond acceptors (Lipinski definition) is 8. The van der Waals surface area contributed by atoms with Gasteiger partial charge in [-0.25, -0.2) is 9.59 Å². The summed E-state index contributed by atoms with van der Waals surface area (Å²) in [5, 5.41) is 13.7. The van der Waals surface area contributed by atoms with E-state index in [1.165, 1.54) is 31.4 Å². The lowest BCUT2D eigenvalue weighted by atomic mass is 10.1. The third-order valence-corrected chi connectivity index (χ3v) is 3.36. The van der Waals surface area contributed by atoms with Gasteiger partial charge in [-0.15, -0.1) is 0 Å². The van der Waals surface area contributed by atoms with Crippen LogP contribution in [0, 0.1) is 10.1 Å². The van der Waals surface area contributed by atoms with Crippen LogP contribution in [-0.4, -0.2) is 37.6 Å². The molecule has 1 aromatic carbocycles. The van der Waals surface area contributed by atoms with E-state index in [4.69, 9.17) is 9.15 Å². The van der Waals surface area contributed by atoms with Crippen LogP contribution in [0.1, 0.15) is 27.8 Å². The third-order valence-electron chi connectivity index (χ3n) is 3.36. The van der Waals surface area contributed by atoms with Crippen LogP contribution in [0.5, 0.6) is 0 Å². The number of nitrogens with zero attached hydrogens (tertiary/aromatic N) is 1. The van der Waals surface area contributed by atoms with Crippen LogP contribution >= 0.6 is 0 Å². The average Bonchev–Trinajstić information content (AvgIpc) is 3.00. The zero-order valence-electron chi connectivity index (χ0n) is 13.8. The maximum atomic E-state index is 12.1. The van der Waals surface area contributed by atoms with Crippen LogP contribution in [0.3, 0.4) is 0 Å². The highest BCUT2D eigenvalue weighted by Gasteiger charge is 2.31. The fraction of sp³-hybridized carbons (Fsp3) is 0.250. The van der Waals surface area contributed by atoms with Gasteiger partial charge in [0.2, 0.25) is 5.76 Å². The van der Waals surface area contributed by atoms with E-state index in [9.17, 15) is 19.7 Å². The Morgan fingerprint density at radius 3 is 2.24 bits per heavy atom. The van der Waals surface area contributed by atoms with Crippen molar-refractivity contribution in [2.75, 3.05) is 26.1 Å². The van der Waals surface area contributed by atoms with E-state index in [1.807, 2.05) is 0 Å². The topological polar surface area (TPSA) is 121 Å². The van der Waals surface area contributed by atoms with Crippen LogP contribution < -0.4 is 5.32 Å². The standard InChI is InChI=1S/C16H16N2O7/c1-4-17-12-11(15(19)23-2)14(16(20)24-3)25-13(12)9-5-7-10(8-6-9)18(21)22/h5-8,17H,4H2,1-3H3. The minimum Gasteiger partial charge on any atom is -0.465 e. The number of nitro groups is 1. The average molecular weight is 348 g/mol.